The van der Waals surface area contributed by atoms with Crippen molar-refractivity contribution in [1.29, 1.82) is 0 Å². The Morgan fingerprint density at radius 3 is 2.00 bits per heavy atom. The van der Waals surface area contributed by atoms with Gasteiger partial charge in [-0.15, -0.1) is 11.6 Å². The summed E-state index contributed by atoms with van der Waals surface area (Å²) >= 11 is 5.32. The molecule has 118 valence electrons. The largest absolute Gasteiger partial charge is 0.463 e. The molecule has 0 bridgehead atoms. The zero-order valence-corrected chi connectivity index (χ0v) is 11.6. The Balaban J connectivity index is 4.71. The molecule has 1 atom stereocenters. The zero-order valence-electron chi connectivity index (χ0n) is 10.9. The molecule has 0 fully saturated rings. The fraction of sp³-hybridized carbons (Fsp3) is 0.818. The van der Waals surface area contributed by atoms with Gasteiger partial charge in [-0.1, -0.05) is 13.8 Å². The van der Waals surface area contributed by atoms with Crippen molar-refractivity contribution in [2.24, 2.45) is 11.8 Å². The summed E-state index contributed by atoms with van der Waals surface area (Å²) in [4.78, 5) is 22.3. The fourth-order valence-electron chi connectivity index (χ4n) is 1.46. The van der Waals surface area contributed by atoms with Crippen molar-refractivity contribution in [2.45, 2.75) is 32.4 Å². The average molecular weight is 324 g/mol. The molecular weight excluding hydrogens is 309 g/mol. The first-order chi connectivity index (χ1) is 8.93. The minimum Gasteiger partial charge on any atom is -0.350 e. The number of rotatable bonds is 7. The summed E-state index contributed by atoms with van der Waals surface area (Å²) in [5.41, 5.74) is 0. The van der Waals surface area contributed by atoms with E-state index in [-0.39, 0.29) is 12.3 Å². The Kier molecular flexibility index (Phi) is 6.86. The molecule has 0 aliphatic heterocycles. The molecule has 0 saturated heterocycles. The number of hydrogen-bond donors (Lipinski definition) is 1. The standard InChI is InChI=1S/C11H15ClF5NO2/c1-6(2)3-7(8(19)4-12)5-18-9(20)10(13,14)11(15,16)17/h6-7H,3-5H2,1-2H3,(H,18,20). The summed E-state index contributed by atoms with van der Waals surface area (Å²) in [6.07, 6.45) is -5.75. The third-order valence-electron chi connectivity index (χ3n) is 2.49. The van der Waals surface area contributed by atoms with Gasteiger partial charge < -0.3 is 5.32 Å². The number of nitrogens with one attached hydrogen (secondary N) is 1. The van der Waals surface area contributed by atoms with Gasteiger partial charge in [0.25, 0.3) is 5.91 Å². The molecule has 0 saturated carbocycles. The quantitative estimate of drug-likeness (QED) is 0.578. The van der Waals surface area contributed by atoms with Gasteiger partial charge in [0.05, 0.1) is 5.88 Å². The van der Waals surface area contributed by atoms with Gasteiger partial charge in [0, 0.05) is 12.5 Å². The summed E-state index contributed by atoms with van der Waals surface area (Å²) < 4.78 is 61.2. The van der Waals surface area contributed by atoms with Gasteiger partial charge >= 0.3 is 12.1 Å². The van der Waals surface area contributed by atoms with Crippen LogP contribution < -0.4 is 5.32 Å². The van der Waals surface area contributed by atoms with Crippen LogP contribution in [0.2, 0.25) is 0 Å². The number of alkyl halides is 6. The van der Waals surface area contributed by atoms with Crippen LogP contribution in [0.25, 0.3) is 0 Å². The van der Waals surface area contributed by atoms with Crippen molar-refractivity contribution in [3.8, 4) is 0 Å². The van der Waals surface area contributed by atoms with Crippen molar-refractivity contribution < 1.29 is 31.5 Å². The van der Waals surface area contributed by atoms with E-state index in [9.17, 15) is 31.5 Å². The molecule has 0 aromatic heterocycles. The minimum absolute atomic E-state index is 0.00723. The summed E-state index contributed by atoms with van der Waals surface area (Å²) in [6.45, 7) is 2.87. The first-order valence-electron chi connectivity index (χ1n) is 5.75. The summed E-state index contributed by atoms with van der Waals surface area (Å²) in [7, 11) is 0. The third kappa shape index (κ3) is 5.22. The Hall–Kier alpha value is -0.920. The molecule has 0 aromatic rings. The minimum atomic E-state index is -5.97. The highest BCUT2D eigenvalue weighted by atomic mass is 35.5. The zero-order chi connectivity index (χ0) is 16.1. The maximum atomic E-state index is 12.7. The summed E-state index contributed by atoms with van der Waals surface area (Å²) in [5, 5.41) is 1.46. The Bertz CT molecular complexity index is 357. The SMILES string of the molecule is CC(C)CC(CNC(=O)C(F)(F)C(F)(F)F)C(=O)CCl. The maximum Gasteiger partial charge on any atom is 0.463 e. The van der Waals surface area contributed by atoms with Gasteiger partial charge in [0.1, 0.15) is 0 Å². The lowest BCUT2D eigenvalue weighted by molar-refractivity contribution is -0.269. The predicted octanol–water partition coefficient (Wildman–Crippen LogP) is 2.77. The molecule has 1 N–H and O–H groups in total. The first kappa shape index (κ1) is 19.1. The van der Waals surface area contributed by atoms with Crippen LogP contribution in [0.1, 0.15) is 20.3 Å². The van der Waals surface area contributed by atoms with Crippen LogP contribution in [0.4, 0.5) is 22.0 Å². The molecule has 0 aliphatic rings. The molecule has 3 nitrogen and oxygen atoms in total. The lowest BCUT2D eigenvalue weighted by atomic mass is 9.93. The average Bonchev–Trinajstić information content (AvgIpc) is 2.30. The van der Waals surface area contributed by atoms with E-state index < -0.39 is 42.1 Å². The molecule has 1 amide bonds. The van der Waals surface area contributed by atoms with Crippen LogP contribution in [-0.4, -0.2) is 36.2 Å². The van der Waals surface area contributed by atoms with E-state index in [1.165, 1.54) is 5.32 Å². The number of carbonyl (C=O) groups is 2. The number of Topliss-reactive ketones (excluding diaryl/α,β-unsaturated/α-hetero) is 1. The van der Waals surface area contributed by atoms with Gasteiger partial charge in [-0.05, 0) is 12.3 Å². The maximum absolute atomic E-state index is 12.7. The highest BCUT2D eigenvalue weighted by Crippen LogP contribution is 2.35. The number of ketones is 1. The van der Waals surface area contributed by atoms with E-state index >= 15 is 0 Å². The smallest absolute Gasteiger partial charge is 0.350 e. The molecule has 0 heterocycles. The second kappa shape index (κ2) is 7.19. The van der Waals surface area contributed by atoms with E-state index in [0.29, 0.717) is 0 Å². The Labute approximate surface area is 117 Å². The third-order valence-corrected chi connectivity index (χ3v) is 2.76. The monoisotopic (exact) mass is 323 g/mol. The Morgan fingerprint density at radius 2 is 1.65 bits per heavy atom. The lowest BCUT2D eigenvalue weighted by Crippen LogP contribution is -2.51. The second-order valence-electron chi connectivity index (χ2n) is 4.71. The number of halogens is 6. The van der Waals surface area contributed by atoms with E-state index in [1.807, 2.05) is 0 Å². The van der Waals surface area contributed by atoms with Crippen molar-refractivity contribution in [3.05, 3.63) is 0 Å². The molecule has 0 aromatic carbocycles. The van der Waals surface area contributed by atoms with Crippen molar-refractivity contribution in [3.63, 3.8) is 0 Å². The first-order valence-corrected chi connectivity index (χ1v) is 6.28. The van der Waals surface area contributed by atoms with E-state index in [4.69, 9.17) is 11.6 Å². The van der Waals surface area contributed by atoms with E-state index in [1.54, 1.807) is 13.8 Å². The van der Waals surface area contributed by atoms with Crippen LogP contribution >= 0.6 is 11.6 Å². The van der Waals surface area contributed by atoms with Crippen molar-refractivity contribution >= 4 is 23.3 Å². The summed E-state index contributed by atoms with van der Waals surface area (Å²) in [6, 6.07) is 0. The lowest BCUT2D eigenvalue weighted by Gasteiger charge is -2.21. The topological polar surface area (TPSA) is 46.2 Å². The molecule has 20 heavy (non-hydrogen) atoms. The van der Waals surface area contributed by atoms with Crippen LogP contribution in [-0.2, 0) is 9.59 Å². The summed E-state index contributed by atoms with van der Waals surface area (Å²) in [5.74, 6) is -9.77. The molecule has 1 unspecified atom stereocenters. The van der Waals surface area contributed by atoms with Gasteiger partial charge in [0.2, 0.25) is 0 Å². The van der Waals surface area contributed by atoms with Crippen LogP contribution in [0.15, 0.2) is 0 Å². The van der Waals surface area contributed by atoms with Gasteiger partial charge in [0.15, 0.2) is 5.78 Å². The predicted molar refractivity (Wildman–Crippen MR) is 62.7 cm³/mol. The highest BCUT2D eigenvalue weighted by molar-refractivity contribution is 6.27. The van der Waals surface area contributed by atoms with Crippen LogP contribution in [0, 0.1) is 11.8 Å². The highest BCUT2D eigenvalue weighted by Gasteiger charge is 2.63. The van der Waals surface area contributed by atoms with Crippen molar-refractivity contribution in [1.82, 2.24) is 5.32 Å². The van der Waals surface area contributed by atoms with Crippen LogP contribution in [0.5, 0.6) is 0 Å². The second-order valence-corrected chi connectivity index (χ2v) is 4.98. The Morgan fingerprint density at radius 1 is 1.15 bits per heavy atom. The number of carbonyl (C=O) groups excluding carboxylic acids is 2. The number of amides is 1. The van der Waals surface area contributed by atoms with Gasteiger partial charge in [-0.25, -0.2) is 0 Å². The van der Waals surface area contributed by atoms with E-state index in [0.717, 1.165) is 0 Å². The molecular formula is C11H15ClF5NO2. The van der Waals surface area contributed by atoms with E-state index in [2.05, 4.69) is 0 Å². The number of hydrogen-bond acceptors (Lipinski definition) is 2. The normalized spacial score (nSPS) is 14.2. The molecule has 0 spiro atoms. The fourth-order valence-corrected chi connectivity index (χ4v) is 1.68. The molecule has 9 heteroatoms. The molecule has 0 radical (unpaired) electrons. The molecule has 0 rings (SSSR count). The van der Waals surface area contributed by atoms with Gasteiger partial charge in [-0.3, -0.25) is 9.59 Å². The molecule has 0 aliphatic carbocycles. The van der Waals surface area contributed by atoms with Gasteiger partial charge in [-0.2, -0.15) is 22.0 Å². The van der Waals surface area contributed by atoms with Crippen molar-refractivity contribution in [2.75, 3.05) is 12.4 Å². The van der Waals surface area contributed by atoms with Crippen LogP contribution in [0.3, 0.4) is 0 Å².